The predicted octanol–water partition coefficient (Wildman–Crippen LogP) is -3.10. The van der Waals surface area contributed by atoms with Crippen molar-refractivity contribution in [3.63, 3.8) is 0 Å². The molecule has 1 heterocycles. The number of hydrogen-bond acceptors (Lipinski definition) is 21. The predicted molar refractivity (Wildman–Crippen MR) is 450 cm³/mol. The van der Waals surface area contributed by atoms with Gasteiger partial charge < -0.3 is 112 Å². The summed E-state index contributed by atoms with van der Waals surface area (Å²) in [6.45, 7) is 37.1. The highest BCUT2D eigenvalue weighted by molar-refractivity contribution is 6.04. The smallest absolute Gasteiger partial charge is 0.248 e. The minimum absolute atomic E-state index is 0.0196. The molecule has 122 heavy (non-hydrogen) atoms. The molecule has 0 aromatic carbocycles. The number of amides is 20. The Morgan fingerprint density at radius 3 is 1.13 bits per heavy atom. The number of carbonyl (C=O) groups is 20. The summed E-state index contributed by atoms with van der Waals surface area (Å²) < 4.78 is 0. The number of rotatable bonds is 50. The second kappa shape index (κ2) is 46.6. The largest absolute Gasteiger partial charge is 0.394 e. The summed E-state index contributed by atoms with van der Waals surface area (Å²) in [5.41, 5.74) is -3.04. The van der Waals surface area contributed by atoms with Gasteiger partial charge in [-0.1, -0.05) is 62.3 Å². The van der Waals surface area contributed by atoms with Gasteiger partial charge in [0.15, 0.2) is 0 Å². The van der Waals surface area contributed by atoms with Crippen molar-refractivity contribution in [3.8, 4) is 0 Å². The molecule has 0 radical (unpaired) electrons. The van der Waals surface area contributed by atoms with Gasteiger partial charge in [-0.2, -0.15) is 0 Å². The van der Waals surface area contributed by atoms with Crippen LogP contribution in [0, 0.1) is 23.7 Å². The lowest BCUT2D eigenvalue weighted by atomic mass is 9.94. The summed E-state index contributed by atoms with van der Waals surface area (Å²) in [7, 11) is 0. The van der Waals surface area contributed by atoms with Gasteiger partial charge in [0.1, 0.15) is 86.6 Å². The first-order chi connectivity index (χ1) is 55.6. The monoisotopic (exact) mass is 1730 g/mol. The normalized spacial score (nSPS) is 15.6. The van der Waals surface area contributed by atoms with Crippen molar-refractivity contribution in [1.29, 1.82) is 0 Å². The first kappa shape index (κ1) is 109. The molecule has 1 fully saturated rings. The molecular formula is C81H142N20O21. The Morgan fingerprint density at radius 1 is 0.377 bits per heavy atom. The summed E-state index contributed by atoms with van der Waals surface area (Å²) in [4.78, 5) is 272. The van der Waals surface area contributed by atoms with E-state index in [9.17, 15) is 101 Å². The third-order valence-corrected chi connectivity index (χ3v) is 20.0. The van der Waals surface area contributed by atoms with Crippen molar-refractivity contribution < 1.29 is 101 Å². The van der Waals surface area contributed by atoms with E-state index in [1.54, 1.807) is 48.5 Å². The Balaban J connectivity index is 3.23. The topological polar surface area (TPSA) is 621 Å². The molecule has 22 N–H and O–H groups in total. The minimum Gasteiger partial charge on any atom is -0.394 e. The van der Waals surface area contributed by atoms with Crippen LogP contribution in [0.4, 0.5) is 0 Å². The highest BCUT2D eigenvalue weighted by Gasteiger charge is 2.48. The van der Waals surface area contributed by atoms with Crippen molar-refractivity contribution >= 4 is 118 Å². The van der Waals surface area contributed by atoms with Gasteiger partial charge in [-0.05, 0) is 192 Å². The second-order valence-corrected chi connectivity index (χ2v) is 37.1. The lowest BCUT2D eigenvalue weighted by molar-refractivity contribution is -0.146. The van der Waals surface area contributed by atoms with E-state index in [-0.39, 0.29) is 75.2 Å². The van der Waals surface area contributed by atoms with E-state index in [1.807, 2.05) is 13.8 Å². The molecule has 1 aliphatic heterocycles. The standard InChI is InChI=1S/C81H142N20O21/c1-27-81(26,72(121)100-80(24,25)73(122)101-34-28-29-54(101)65(114)89-52(37-44(6)7)63(112)98-79(22,23)71(120)99-78(20,21)70(119)90-49(30-32-55(82)104)60(109)87-48(41-102)35-42(2)3)94-58(107)40-85-67(116)75(14,15)96-64(113)53(38-45(8)9)92-69(118)77(18,19)95-61(110)50(31-33-56(83)105)91-68(117)76(16,17)97-62(111)51(36-43(4)5)88-59(108)46(10)86-57(106)39-84-66(115)74(12,13)93-47(11)103/h42-46,48-54,102H,27-41H2,1-26H3,(H2,82,104)(H2,83,105)(H,84,115)(H,85,116)(H,86,106)(H,87,109)(H,88,108)(H,89,114)(H,90,119)(H,91,117)(H,92,118)(H,93,103)(H,94,107)(H,95,110)(H,96,113)(H,97,111)(H,98,112)(H,99,120)(H,100,121). The van der Waals surface area contributed by atoms with Crippen LogP contribution >= 0.6 is 0 Å². The zero-order valence-electron chi connectivity index (χ0n) is 76.2. The van der Waals surface area contributed by atoms with Crippen LogP contribution in [0.2, 0.25) is 0 Å². The summed E-state index contributed by atoms with van der Waals surface area (Å²) in [5.74, 6) is -16.7. The number of nitrogens with two attached hydrogens (primary N) is 2. The molecule has 692 valence electrons. The van der Waals surface area contributed by atoms with Gasteiger partial charge in [0.05, 0.1) is 25.7 Å². The first-order valence-corrected chi connectivity index (χ1v) is 41.3. The van der Waals surface area contributed by atoms with Crippen LogP contribution < -0.4 is 102 Å². The molecule has 41 nitrogen and oxygen atoms in total. The average molecular weight is 1730 g/mol. The Bertz CT molecular complexity index is 3810. The van der Waals surface area contributed by atoms with E-state index in [1.165, 1.54) is 123 Å². The first-order valence-electron chi connectivity index (χ1n) is 41.3. The maximum Gasteiger partial charge on any atom is 0.248 e. The summed E-state index contributed by atoms with van der Waals surface area (Å²) in [6.07, 6.45) is -0.395. The zero-order valence-corrected chi connectivity index (χ0v) is 76.2. The van der Waals surface area contributed by atoms with Gasteiger partial charge in [-0.25, -0.2) is 0 Å². The number of hydrogen-bond donors (Lipinski definition) is 20. The lowest BCUT2D eigenvalue weighted by Gasteiger charge is -2.37. The lowest BCUT2D eigenvalue weighted by Crippen LogP contribution is -2.66. The maximum atomic E-state index is 14.5. The van der Waals surface area contributed by atoms with Gasteiger partial charge in [0.25, 0.3) is 0 Å². The highest BCUT2D eigenvalue weighted by atomic mass is 16.3. The van der Waals surface area contributed by atoms with Crippen LogP contribution in [-0.4, -0.2) is 247 Å². The van der Waals surface area contributed by atoms with E-state index in [4.69, 9.17) is 11.5 Å². The molecule has 0 aromatic heterocycles. The minimum atomic E-state index is -1.89. The average Bonchev–Trinajstić information content (AvgIpc) is 1.57. The van der Waals surface area contributed by atoms with Crippen molar-refractivity contribution in [2.75, 3.05) is 26.2 Å². The Labute approximate surface area is 716 Å². The van der Waals surface area contributed by atoms with E-state index >= 15 is 0 Å². The molecule has 9 atom stereocenters. The number of aliphatic hydroxyl groups is 1. The Kier molecular flexibility index (Phi) is 41.7. The fourth-order valence-electron chi connectivity index (χ4n) is 12.5. The van der Waals surface area contributed by atoms with E-state index in [2.05, 4.69) is 90.4 Å². The van der Waals surface area contributed by atoms with Gasteiger partial charge >= 0.3 is 0 Å². The molecule has 41 heteroatoms. The third kappa shape index (κ3) is 36.2. The van der Waals surface area contributed by atoms with Crippen LogP contribution in [0.3, 0.4) is 0 Å². The second-order valence-electron chi connectivity index (χ2n) is 37.1. The quantitative estimate of drug-likeness (QED) is 0.0287. The van der Waals surface area contributed by atoms with Crippen molar-refractivity contribution in [3.05, 3.63) is 0 Å². The number of likely N-dealkylation sites (tertiary alicyclic amines) is 1. The van der Waals surface area contributed by atoms with Crippen molar-refractivity contribution in [1.82, 2.24) is 95.3 Å². The van der Waals surface area contributed by atoms with Crippen LogP contribution in [-0.2, 0) is 95.9 Å². The van der Waals surface area contributed by atoms with Crippen LogP contribution in [0.5, 0.6) is 0 Å². The molecule has 20 amide bonds. The molecule has 1 saturated heterocycles. The summed E-state index contributed by atoms with van der Waals surface area (Å²) in [6, 6.07) is -9.84. The van der Waals surface area contributed by atoms with Crippen LogP contribution in [0.15, 0.2) is 0 Å². The molecule has 0 aliphatic carbocycles. The molecule has 1 aliphatic rings. The van der Waals surface area contributed by atoms with Crippen molar-refractivity contribution in [2.45, 2.75) is 343 Å². The number of primary amides is 2. The molecule has 0 aromatic rings. The summed E-state index contributed by atoms with van der Waals surface area (Å²) >= 11 is 0. The van der Waals surface area contributed by atoms with Gasteiger partial charge in [0.2, 0.25) is 118 Å². The molecule has 0 spiro atoms. The third-order valence-electron chi connectivity index (χ3n) is 20.0. The Hall–Kier alpha value is -10.6. The van der Waals surface area contributed by atoms with E-state index in [0.29, 0.717) is 12.8 Å². The SMILES string of the molecule is CCC(C)(NC(=O)CNC(=O)C(C)(C)NC(=O)C(CC(C)C)NC(=O)C(C)(C)NC(=O)C(CCC(N)=O)NC(=O)C(C)(C)NC(=O)C(CC(C)C)NC(=O)C(C)NC(=O)CNC(=O)C(C)(C)NC(C)=O)C(=O)NC(C)(C)C(=O)N1CCCC1C(=O)NC(CC(C)C)C(=O)NC(C)(C)C(=O)NC(C)(C)C(=O)NC(CCC(N)=O)C(=O)NC(CO)CC(C)C. The van der Waals surface area contributed by atoms with Gasteiger partial charge in [-0.15, -0.1) is 0 Å². The van der Waals surface area contributed by atoms with Crippen molar-refractivity contribution in [2.24, 2.45) is 35.1 Å². The number of carbonyl (C=O) groups excluding carboxylic acids is 20. The number of nitrogens with one attached hydrogen (secondary N) is 17. The van der Waals surface area contributed by atoms with E-state index < -0.39 is 243 Å². The van der Waals surface area contributed by atoms with Crippen LogP contribution in [0.1, 0.15) is 251 Å². The fourth-order valence-corrected chi connectivity index (χ4v) is 12.5. The number of aliphatic hydroxyl groups excluding tert-OH is 1. The zero-order chi connectivity index (χ0) is 94.7. The molecule has 1 rings (SSSR count). The molecule has 0 saturated carbocycles. The summed E-state index contributed by atoms with van der Waals surface area (Å²) in [5, 5.41) is 53.5. The Morgan fingerprint density at radius 2 is 0.730 bits per heavy atom. The fraction of sp³-hybridized carbons (Fsp3) is 0.753. The molecule has 9 unspecified atom stereocenters. The molecule has 0 bridgehead atoms. The van der Waals surface area contributed by atoms with Gasteiger partial charge in [-0.3, -0.25) is 95.9 Å². The van der Waals surface area contributed by atoms with E-state index in [0.717, 1.165) is 0 Å². The maximum absolute atomic E-state index is 14.5. The van der Waals surface area contributed by atoms with Gasteiger partial charge in [0, 0.05) is 26.3 Å². The van der Waals surface area contributed by atoms with Crippen LogP contribution in [0.25, 0.3) is 0 Å². The highest BCUT2D eigenvalue weighted by Crippen LogP contribution is 2.25. The molecular weight excluding hydrogens is 1590 g/mol. The number of nitrogens with zero attached hydrogens (tertiary/aromatic N) is 1.